The van der Waals surface area contributed by atoms with Gasteiger partial charge < -0.3 is 5.32 Å². The number of halogens is 5. The van der Waals surface area contributed by atoms with Crippen LogP contribution in [0.15, 0.2) is 12.3 Å². The molecule has 1 fully saturated rings. The van der Waals surface area contributed by atoms with Crippen LogP contribution in [0.5, 0.6) is 0 Å². The fourth-order valence-electron chi connectivity index (χ4n) is 3.70. The van der Waals surface area contributed by atoms with E-state index in [9.17, 15) is 18.0 Å². The molecule has 0 spiro atoms. The largest absolute Gasteiger partial charge is 0.434 e. The molecule has 0 radical (unpaired) electrons. The molecule has 0 bridgehead atoms. The average Bonchev–Trinajstić information content (AvgIpc) is 2.92. The van der Waals surface area contributed by atoms with Crippen LogP contribution < -0.4 is 5.32 Å². The predicted molar refractivity (Wildman–Crippen MR) is 104 cm³/mol. The molecule has 3 rings (SSSR count). The maximum Gasteiger partial charge on any atom is 0.434 e. The van der Waals surface area contributed by atoms with Crippen molar-refractivity contribution in [1.29, 1.82) is 0 Å². The molecule has 29 heavy (non-hydrogen) atoms. The third-order valence-electron chi connectivity index (χ3n) is 5.23. The van der Waals surface area contributed by atoms with Gasteiger partial charge in [0, 0.05) is 18.8 Å². The predicted octanol–water partition coefficient (Wildman–Crippen LogP) is 5.21. The minimum Gasteiger partial charge on any atom is -0.349 e. The number of alkyl halides is 3. The van der Waals surface area contributed by atoms with Gasteiger partial charge in [0.25, 0.3) is 5.91 Å². The first-order valence-electron chi connectivity index (χ1n) is 9.29. The summed E-state index contributed by atoms with van der Waals surface area (Å²) in [5.41, 5.74) is 0.295. The van der Waals surface area contributed by atoms with Crippen molar-refractivity contribution < 1.29 is 18.0 Å². The van der Waals surface area contributed by atoms with Crippen molar-refractivity contribution in [1.82, 2.24) is 20.1 Å². The molecule has 1 saturated carbocycles. The van der Waals surface area contributed by atoms with E-state index in [-0.39, 0.29) is 35.1 Å². The van der Waals surface area contributed by atoms with Gasteiger partial charge in [-0.3, -0.25) is 14.5 Å². The van der Waals surface area contributed by atoms with E-state index in [2.05, 4.69) is 15.4 Å². The number of hydrogen-bond donors (Lipinski definition) is 1. The highest BCUT2D eigenvalue weighted by Crippen LogP contribution is 2.37. The first kappa shape index (κ1) is 21.9. The second-order valence-corrected chi connectivity index (χ2v) is 8.22. The quantitative estimate of drug-likeness (QED) is 0.698. The summed E-state index contributed by atoms with van der Waals surface area (Å²) < 4.78 is 40.9. The number of pyridine rings is 1. The highest BCUT2D eigenvalue weighted by molar-refractivity contribution is 6.32. The standard InChI is InChI=1S/C19H21Cl2F3N4O/c1-10-15(7-13(20)8-25-10)18(29)26-14-5-3-12(4-6-14)9-28-17(19(22,23)24)16(21)11(2)27-28/h7-8,12,14H,3-6,9H2,1-2H3,(H,26,29). The van der Waals surface area contributed by atoms with Crippen molar-refractivity contribution in [3.8, 4) is 0 Å². The molecular formula is C19H21Cl2F3N4O. The molecule has 0 saturated heterocycles. The van der Waals surface area contributed by atoms with E-state index in [0.717, 1.165) is 4.68 Å². The highest BCUT2D eigenvalue weighted by atomic mass is 35.5. The van der Waals surface area contributed by atoms with Crippen LogP contribution in [0.25, 0.3) is 0 Å². The second-order valence-electron chi connectivity index (χ2n) is 7.41. The van der Waals surface area contributed by atoms with E-state index in [0.29, 0.717) is 42.0 Å². The van der Waals surface area contributed by atoms with E-state index >= 15 is 0 Å². The molecule has 0 aliphatic heterocycles. The Morgan fingerprint density at radius 2 is 1.86 bits per heavy atom. The van der Waals surface area contributed by atoms with E-state index in [1.165, 1.54) is 13.1 Å². The molecular weight excluding hydrogens is 428 g/mol. The summed E-state index contributed by atoms with van der Waals surface area (Å²) in [5, 5.41) is 6.99. The summed E-state index contributed by atoms with van der Waals surface area (Å²) in [6.45, 7) is 3.35. The van der Waals surface area contributed by atoms with Crippen LogP contribution in [0.1, 0.15) is 53.1 Å². The average molecular weight is 449 g/mol. The van der Waals surface area contributed by atoms with Crippen LogP contribution in [0, 0.1) is 19.8 Å². The number of nitrogens with one attached hydrogen (secondary N) is 1. The van der Waals surface area contributed by atoms with Gasteiger partial charge in [0.2, 0.25) is 0 Å². The molecule has 0 aromatic carbocycles. The summed E-state index contributed by atoms with van der Waals surface area (Å²) in [5.74, 6) is -0.205. The maximum absolute atomic E-state index is 13.3. The van der Waals surface area contributed by atoms with Gasteiger partial charge in [-0.15, -0.1) is 0 Å². The number of rotatable bonds is 4. The first-order valence-corrected chi connectivity index (χ1v) is 10.0. The van der Waals surface area contributed by atoms with Gasteiger partial charge in [0.1, 0.15) is 0 Å². The maximum atomic E-state index is 13.3. The molecule has 158 valence electrons. The van der Waals surface area contributed by atoms with Gasteiger partial charge in [0.05, 0.1) is 27.0 Å². The van der Waals surface area contributed by atoms with Gasteiger partial charge >= 0.3 is 6.18 Å². The molecule has 2 heterocycles. The molecule has 1 aliphatic rings. The van der Waals surface area contributed by atoms with Gasteiger partial charge in [-0.2, -0.15) is 18.3 Å². The zero-order valence-corrected chi connectivity index (χ0v) is 17.5. The topological polar surface area (TPSA) is 59.8 Å². The number of carbonyl (C=O) groups is 1. The Balaban J connectivity index is 1.60. The van der Waals surface area contributed by atoms with Crippen LogP contribution >= 0.6 is 23.2 Å². The molecule has 0 unspecified atom stereocenters. The van der Waals surface area contributed by atoms with Crippen molar-refractivity contribution in [2.24, 2.45) is 5.92 Å². The minimum absolute atomic E-state index is 0.0363. The van der Waals surface area contributed by atoms with Crippen LogP contribution in [-0.4, -0.2) is 26.7 Å². The normalized spacial score (nSPS) is 20.0. The molecule has 10 heteroatoms. The zero-order valence-electron chi connectivity index (χ0n) is 16.0. The summed E-state index contributed by atoms with van der Waals surface area (Å²) in [7, 11) is 0. The Hall–Kier alpha value is -1.80. The number of aryl methyl sites for hydroxylation is 2. The number of carbonyl (C=O) groups excluding carboxylic acids is 1. The van der Waals surface area contributed by atoms with Crippen molar-refractivity contribution in [2.45, 2.75) is 58.3 Å². The Labute approximate surface area is 176 Å². The lowest BCUT2D eigenvalue weighted by Crippen LogP contribution is -2.38. The molecule has 1 N–H and O–H groups in total. The highest BCUT2D eigenvalue weighted by Gasteiger charge is 2.39. The van der Waals surface area contributed by atoms with Crippen LogP contribution in [-0.2, 0) is 12.7 Å². The lowest BCUT2D eigenvalue weighted by molar-refractivity contribution is -0.144. The van der Waals surface area contributed by atoms with E-state index < -0.39 is 11.9 Å². The zero-order chi connectivity index (χ0) is 21.3. The van der Waals surface area contributed by atoms with Crippen LogP contribution in [0.2, 0.25) is 10.0 Å². The summed E-state index contributed by atoms with van der Waals surface area (Å²) in [6, 6.07) is 1.54. The molecule has 0 atom stereocenters. The SMILES string of the molecule is Cc1ncc(Cl)cc1C(=O)NC1CCC(Cn2nc(C)c(Cl)c2C(F)(F)F)CC1. The van der Waals surface area contributed by atoms with Gasteiger partial charge in [0.15, 0.2) is 5.69 Å². The summed E-state index contributed by atoms with van der Waals surface area (Å²) >= 11 is 11.7. The van der Waals surface area contributed by atoms with Gasteiger partial charge in [-0.25, -0.2) is 0 Å². The van der Waals surface area contributed by atoms with Crippen molar-refractivity contribution in [3.63, 3.8) is 0 Å². The molecule has 1 aliphatic carbocycles. The second kappa shape index (κ2) is 8.52. The lowest BCUT2D eigenvalue weighted by Gasteiger charge is -2.29. The van der Waals surface area contributed by atoms with Crippen molar-refractivity contribution in [2.75, 3.05) is 0 Å². The lowest BCUT2D eigenvalue weighted by atomic mass is 9.86. The third kappa shape index (κ3) is 5.04. The summed E-state index contributed by atoms with van der Waals surface area (Å²) in [6.07, 6.45) is -0.335. The monoisotopic (exact) mass is 448 g/mol. The van der Waals surface area contributed by atoms with E-state index in [1.807, 2.05) is 0 Å². The third-order valence-corrected chi connectivity index (χ3v) is 5.89. The Morgan fingerprint density at radius 3 is 2.48 bits per heavy atom. The van der Waals surface area contributed by atoms with Crippen molar-refractivity contribution in [3.05, 3.63) is 45.0 Å². The molecule has 2 aromatic rings. The van der Waals surface area contributed by atoms with Gasteiger partial charge in [-0.05, 0) is 51.5 Å². The van der Waals surface area contributed by atoms with E-state index in [1.54, 1.807) is 13.0 Å². The van der Waals surface area contributed by atoms with Crippen LogP contribution in [0.3, 0.4) is 0 Å². The molecule has 5 nitrogen and oxygen atoms in total. The first-order chi connectivity index (χ1) is 13.6. The van der Waals surface area contributed by atoms with E-state index in [4.69, 9.17) is 23.2 Å². The molecule has 1 amide bonds. The fraction of sp³-hybridized carbons (Fsp3) is 0.526. The summed E-state index contributed by atoms with van der Waals surface area (Å²) in [4.78, 5) is 16.6. The van der Waals surface area contributed by atoms with Crippen LogP contribution in [0.4, 0.5) is 13.2 Å². The fourth-order valence-corrected chi connectivity index (χ4v) is 4.10. The smallest absolute Gasteiger partial charge is 0.349 e. The Morgan fingerprint density at radius 1 is 1.21 bits per heavy atom. The number of amides is 1. The minimum atomic E-state index is -4.55. The number of aromatic nitrogens is 3. The number of hydrogen-bond acceptors (Lipinski definition) is 3. The van der Waals surface area contributed by atoms with Gasteiger partial charge in [-0.1, -0.05) is 23.2 Å². The Bertz CT molecular complexity index is 906. The Kier molecular flexibility index (Phi) is 6.43. The van der Waals surface area contributed by atoms with Crippen molar-refractivity contribution >= 4 is 29.1 Å². The molecule has 2 aromatic heterocycles. The number of nitrogens with zero attached hydrogens (tertiary/aromatic N) is 3.